The summed E-state index contributed by atoms with van der Waals surface area (Å²) >= 11 is 0. The van der Waals surface area contributed by atoms with Gasteiger partial charge in [0.1, 0.15) is 5.75 Å². The van der Waals surface area contributed by atoms with Gasteiger partial charge in [-0.2, -0.15) is 0 Å². The number of likely N-dealkylation sites (tertiary alicyclic amines) is 1. The number of para-hydroxylation sites is 1. The summed E-state index contributed by atoms with van der Waals surface area (Å²) in [5, 5.41) is 2.93. The summed E-state index contributed by atoms with van der Waals surface area (Å²) in [6.07, 6.45) is 2.96. The highest BCUT2D eigenvalue weighted by Gasteiger charge is 2.36. The first kappa shape index (κ1) is 18.3. The highest BCUT2D eigenvalue weighted by Crippen LogP contribution is 2.23. The van der Waals surface area contributed by atoms with Gasteiger partial charge in [-0.1, -0.05) is 32.0 Å². The molecular weight excluding hydrogens is 304 g/mol. The van der Waals surface area contributed by atoms with E-state index >= 15 is 0 Å². The van der Waals surface area contributed by atoms with Crippen molar-refractivity contribution in [1.82, 2.24) is 10.2 Å². The highest BCUT2D eigenvalue weighted by molar-refractivity contribution is 5.89. The van der Waals surface area contributed by atoms with Crippen molar-refractivity contribution in [2.75, 3.05) is 19.7 Å². The summed E-state index contributed by atoms with van der Waals surface area (Å²) in [7, 11) is 0. The standard InChI is InChI=1S/C19H28N2O3/c1-3-16(4-2)21-14-15(13-18(21)22)19(23)20-11-8-12-24-17-9-6-5-7-10-17/h5-7,9-10,15-16H,3-4,8,11-14H2,1-2H3,(H,20,23). The zero-order chi connectivity index (χ0) is 17.4. The van der Waals surface area contributed by atoms with Crippen LogP contribution in [0.25, 0.3) is 0 Å². The van der Waals surface area contributed by atoms with Crippen LogP contribution in [0.5, 0.6) is 5.75 Å². The minimum Gasteiger partial charge on any atom is -0.494 e. The average Bonchev–Trinajstić information content (AvgIpc) is 2.98. The summed E-state index contributed by atoms with van der Waals surface area (Å²) in [4.78, 5) is 26.2. The maximum atomic E-state index is 12.2. The van der Waals surface area contributed by atoms with Crippen molar-refractivity contribution in [1.29, 1.82) is 0 Å². The Balaban J connectivity index is 1.67. The Kier molecular flexibility index (Phi) is 7.09. The zero-order valence-corrected chi connectivity index (χ0v) is 14.7. The van der Waals surface area contributed by atoms with Gasteiger partial charge in [-0.3, -0.25) is 9.59 Å². The van der Waals surface area contributed by atoms with E-state index in [0.29, 0.717) is 26.1 Å². The third-order valence-electron chi connectivity index (χ3n) is 4.54. The van der Waals surface area contributed by atoms with Crippen LogP contribution in [0.1, 0.15) is 39.5 Å². The molecule has 0 saturated carbocycles. The van der Waals surface area contributed by atoms with Crippen LogP contribution in [0.4, 0.5) is 0 Å². The molecule has 1 atom stereocenters. The Labute approximate surface area is 144 Å². The Morgan fingerprint density at radius 3 is 2.67 bits per heavy atom. The predicted molar refractivity (Wildman–Crippen MR) is 93.8 cm³/mol. The van der Waals surface area contributed by atoms with Gasteiger partial charge >= 0.3 is 0 Å². The minimum atomic E-state index is -0.215. The fourth-order valence-corrected chi connectivity index (χ4v) is 3.12. The lowest BCUT2D eigenvalue weighted by Gasteiger charge is -2.26. The molecule has 1 saturated heterocycles. The number of nitrogens with one attached hydrogen (secondary N) is 1. The number of nitrogens with zero attached hydrogens (tertiary/aromatic N) is 1. The van der Waals surface area contributed by atoms with Gasteiger partial charge in [-0.25, -0.2) is 0 Å². The number of ether oxygens (including phenoxy) is 1. The van der Waals surface area contributed by atoms with Crippen molar-refractivity contribution in [2.45, 2.75) is 45.6 Å². The second-order valence-corrected chi connectivity index (χ2v) is 6.22. The number of hydrogen-bond acceptors (Lipinski definition) is 3. The number of carbonyl (C=O) groups excluding carboxylic acids is 2. The highest BCUT2D eigenvalue weighted by atomic mass is 16.5. The number of rotatable bonds is 9. The second-order valence-electron chi connectivity index (χ2n) is 6.22. The molecule has 1 unspecified atom stereocenters. The van der Waals surface area contributed by atoms with Crippen molar-refractivity contribution in [3.8, 4) is 5.75 Å². The molecule has 1 aromatic carbocycles. The number of hydrogen-bond donors (Lipinski definition) is 1. The van der Waals surface area contributed by atoms with Gasteiger partial charge in [0, 0.05) is 25.6 Å². The lowest BCUT2D eigenvalue weighted by molar-refractivity contribution is -0.130. The zero-order valence-electron chi connectivity index (χ0n) is 14.7. The molecule has 2 amide bonds. The van der Waals surface area contributed by atoms with Gasteiger partial charge < -0.3 is 15.0 Å². The lowest BCUT2D eigenvalue weighted by Crippen LogP contribution is -2.38. The Morgan fingerprint density at radius 2 is 2.00 bits per heavy atom. The van der Waals surface area contributed by atoms with Gasteiger partial charge in [0.15, 0.2) is 0 Å². The van der Waals surface area contributed by atoms with E-state index < -0.39 is 0 Å². The summed E-state index contributed by atoms with van der Waals surface area (Å²) in [6, 6.07) is 9.89. The molecule has 5 nitrogen and oxygen atoms in total. The van der Waals surface area contributed by atoms with E-state index in [2.05, 4.69) is 19.2 Å². The number of benzene rings is 1. The van der Waals surface area contributed by atoms with Gasteiger partial charge in [0.2, 0.25) is 11.8 Å². The number of amides is 2. The summed E-state index contributed by atoms with van der Waals surface area (Å²) in [6.45, 7) is 5.86. The van der Waals surface area contributed by atoms with Crippen molar-refractivity contribution < 1.29 is 14.3 Å². The predicted octanol–water partition coefficient (Wildman–Crippen LogP) is 2.61. The van der Waals surface area contributed by atoms with Crippen molar-refractivity contribution in [2.24, 2.45) is 5.92 Å². The fraction of sp³-hybridized carbons (Fsp3) is 0.579. The van der Waals surface area contributed by atoms with Gasteiger partial charge in [0.25, 0.3) is 0 Å². The molecule has 1 aromatic rings. The maximum absolute atomic E-state index is 12.2. The van der Waals surface area contributed by atoms with E-state index in [-0.39, 0.29) is 23.8 Å². The van der Waals surface area contributed by atoms with Crippen LogP contribution in [0, 0.1) is 5.92 Å². The molecule has 0 aliphatic carbocycles. The van der Waals surface area contributed by atoms with E-state index in [1.807, 2.05) is 35.2 Å². The topological polar surface area (TPSA) is 58.6 Å². The normalized spacial score (nSPS) is 17.4. The smallest absolute Gasteiger partial charge is 0.225 e. The van der Waals surface area contributed by atoms with Crippen LogP contribution in [-0.4, -0.2) is 42.5 Å². The SMILES string of the molecule is CCC(CC)N1CC(C(=O)NCCCOc2ccccc2)CC1=O. The Morgan fingerprint density at radius 1 is 1.29 bits per heavy atom. The average molecular weight is 332 g/mol. The van der Waals surface area contributed by atoms with E-state index in [4.69, 9.17) is 4.74 Å². The Bertz CT molecular complexity index is 529. The fourth-order valence-electron chi connectivity index (χ4n) is 3.12. The van der Waals surface area contributed by atoms with Gasteiger partial charge in [-0.15, -0.1) is 0 Å². The van der Waals surface area contributed by atoms with Crippen LogP contribution < -0.4 is 10.1 Å². The van der Waals surface area contributed by atoms with Gasteiger partial charge in [0.05, 0.1) is 12.5 Å². The van der Waals surface area contributed by atoms with Crippen LogP contribution >= 0.6 is 0 Å². The molecule has 1 fully saturated rings. The third kappa shape index (κ3) is 4.98. The third-order valence-corrected chi connectivity index (χ3v) is 4.54. The van der Waals surface area contributed by atoms with Crippen LogP contribution in [0.15, 0.2) is 30.3 Å². The molecule has 2 rings (SSSR count). The first-order valence-corrected chi connectivity index (χ1v) is 8.90. The number of carbonyl (C=O) groups is 2. The molecule has 0 bridgehead atoms. The van der Waals surface area contributed by atoms with E-state index in [9.17, 15) is 9.59 Å². The molecule has 24 heavy (non-hydrogen) atoms. The first-order chi connectivity index (χ1) is 11.7. The summed E-state index contributed by atoms with van der Waals surface area (Å²) < 4.78 is 5.59. The molecule has 5 heteroatoms. The van der Waals surface area contributed by atoms with Crippen LogP contribution in [-0.2, 0) is 9.59 Å². The molecule has 0 radical (unpaired) electrons. The maximum Gasteiger partial charge on any atom is 0.225 e. The van der Waals surface area contributed by atoms with Crippen molar-refractivity contribution in [3.05, 3.63) is 30.3 Å². The minimum absolute atomic E-state index is 0.0171. The monoisotopic (exact) mass is 332 g/mol. The molecule has 132 valence electrons. The van der Waals surface area contributed by atoms with E-state index in [1.165, 1.54) is 0 Å². The van der Waals surface area contributed by atoms with Crippen LogP contribution in [0.2, 0.25) is 0 Å². The second kappa shape index (κ2) is 9.30. The van der Waals surface area contributed by atoms with Crippen LogP contribution in [0.3, 0.4) is 0 Å². The Hall–Kier alpha value is -2.04. The lowest BCUT2D eigenvalue weighted by atomic mass is 10.1. The molecule has 1 aliphatic rings. The van der Waals surface area contributed by atoms with Gasteiger partial charge in [-0.05, 0) is 31.4 Å². The molecule has 0 aromatic heterocycles. The van der Waals surface area contributed by atoms with E-state index in [1.54, 1.807) is 0 Å². The van der Waals surface area contributed by atoms with E-state index in [0.717, 1.165) is 25.0 Å². The first-order valence-electron chi connectivity index (χ1n) is 8.90. The molecule has 1 N–H and O–H groups in total. The summed E-state index contributed by atoms with van der Waals surface area (Å²) in [5.41, 5.74) is 0. The molecule has 1 heterocycles. The molecule has 0 spiro atoms. The van der Waals surface area contributed by atoms with Crippen molar-refractivity contribution >= 4 is 11.8 Å². The quantitative estimate of drug-likeness (QED) is 0.707. The van der Waals surface area contributed by atoms with Crippen molar-refractivity contribution in [3.63, 3.8) is 0 Å². The molecular formula is C19H28N2O3. The molecule has 1 aliphatic heterocycles. The summed E-state index contributed by atoms with van der Waals surface area (Å²) in [5.74, 6) is 0.715. The largest absolute Gasteiger partial charge is 0.494 e.